The molecule has 1 aromatic carbocycles. The molecule has 0 saturated heterocycles. The van der Waals surface area contributed by atoms with Gasteiger partial charge in [-0.2, -0.15) is 5.10 Å². The molecule has 2 N–H and O–H groups in total. The molecular formula is C19H22Cl2N4O3. The summed E-state index contributed by atoms with van der Waals surface area (Å²) in [6, 6.07) is 7.19. The van der Waals surface area contributed by atoms with E-state index >= 15 is 0 Å². The fourth-order valence-electron chi connectivity index (χ4n) is 2.69. The molecule has 1 heterocycles. The minimum Gasteiger partial charge on any atom is -0.385 e. The first-order valence-corrected chi connectivity index (χ1v) is 9.34. The molecule has 0 aliphatic rings. The highest BCUT2D eigenvalue weighted by Crippen LogP contribution is 2.25. The molecule has 2 rings (SSSR count). The lowest BCUT2D eigenvalue weighted by Gasteiger charge is -2.10. The Hall–Kier alpha value is -2.35. The maximum Gasteiger partial charge on any atom is 0.329 e. The molecule has 0 atom stereocenters. The van der Waals surface area contributed by atoms with E-state index in [2.05, 4.69) is 15.8 Å². The molecule has 28 heavy (non-hydrogen) atoms. The average Bonchev–Trinajstić information content (AvgIpc) is 2.91. The normalized spacial score (nSPS) is 11.0. The summed E-state index contributed by atoms with van der Waals surface area (Å²) in [7, 11) is 1.57. The summed E-state index contributed by atoms with van der Waals surface area (Å²) in [5.74, 6) is -1.57. The second-order valence-electron chi connectivity index (χ2n) is 6.09. The van der Waals surface area contributed by atoms with Gasteiger partial charge in [0.25, 0.3) is 0 Å². The van der Waals surface area contributed by atoms with Gasteiger partial charge in [-0.05, 0) is 44.5 Å². The Kier molecular flexibility index (Phi) is 8.04. The SMILES string of the molecule is COCCCNC(=O)C(=O)N/N=C\c1cc(C)n(-c2cc(Cl)cc(Cl)c2)c1C. The Morgan fingerprint density at radius 1 is 1.14 bits per heavy atom. The molecule has 0 unspecified atom stereocenters. The van der Waals surface area contributed by atoms with Gasteiger partial charge in [-0.1, -0.05) is 23.2 Å². The van der Waals surface area contributed by atoms with E-state index in [9.17, 15) is 9.59 Å². The number of nitrogens with one attached hydrogen (secondary N) is 2. The highest BCUT2D eigenvalue weighted by atomic mass is 35.5. The molecule has 0 bridgehead atoms. The van der Waals surface area contributed by atoms with Gasteiger partial charge < -0.3 is 14.6 Å². The van der Waals surface area contributed by atoms with Crippen molar-refractivity contribution in [3.63, 3.8) is 0 Å². The third-order valence-corrected chi connectivity index (χ3v) is 4.40. The van der Waals surface area contributed by atoms with Crippen molar-refractivity contribution in [2.24, 2.45) is 5.10 Å². The minimum absolute atomic E-state index is 0.354. The third-order valence-electron chi connectivity index (χ3n) is 3.96. The van der Waals surface area contributed by atoms with E-state index in [0.29, 0.717) is 29.6 Å². The summed E-state index contributed by atoms with van der Waals surface area (Å²) in [5, 5.41) is 7.44. The third kappa shape index (κ3) is 5.82. The van der Waals surface area contributed by atoms with E-state index in [1.165, 1.54) is 6.21 Å². The van der Waals surface area contributed by atoms with Crippen molar-refractivity contribution in [1.29, 1.82) is 0 Å². The van der Waals surface area contributed by atoms with Crippen LogP contribution in [0.4, 0.5) is 0 Å². The van der Waals surface area contributed by atoms with Crippen molar-refractivity contribution in [3.05, 3.63) is 51.3 Å². The van der Waals surface area contributed by atoms with Crippen LogP contribution in [0.1, 0.15) is 23.4 Å². The lowest BCUT2D eigenvalue weighted by molar-refractivity contribution is -0.139. The predicted molar refractivity (Wildman–Crippen MR) is 111 cm³/mol. The topological polar surface area (TPSA) is 84.7 Å². The quantitative estimate of drug-likeness (QED) is 0.310. The Morgan fingerprint density at radius 3 is 2.46 bits per heavy atom. The fraction of sp³-hybridized carbons (Fsp3) is 0.316. The number of aryl methyl sites for hydroxylation is 1. The Labute approximate surface area is 173 Å². The highest BCUT2D eigenvalue weighted by Gasteiger charge is 2.13. The van der Waals surface area contributed by atoms with Gasteiger partial charge in [0, 0.05) is 52.9 Å². The van der Waals surface area contributed by atoms with Crippen LogP contribution in [0.5, 0.6) is 0 Å². The summed E-state index contributed by atoms with van der Waals surface area (Å²) in [6.45, 7) is 4.71. The van der Waals surface area contributed by atoms with Gasteiger partial charge in [-0.15, -0.1) is 0 Å². The van der Waals surface area contributed by atoms with E-state index in [4.69, 9.17) is 27.9 Å². The van der Waals surface area contributed by atoms with E-state index in [1.807, 2.05) is 36.6 Å². The van der Waals surface area contributed by atoms with Crippen LogP contribution < -0.4 is 10.7 Å². The predicted octanol–water partition coefficient (Wildman–Crippen LogP) is 3.00. The van der Waals surface area contributed by atoms with Crippen LogP contribution in [-0.4, -0.2) is 42.9 Å². The first-order chi connectivity index (χ1) is 13.3. The number of hydrogen-bond acceptors (Lipinski definition) is 4. The smallest absolute Gasteiger partial charge is 0.329 e. The number of carbonyl (C=O) groups is 2. The molecule has 0 fully saturated rings. The van der Waals surface area contributed by atoms with E-state index in [1.54, 1.807) is 13.2 Å². The van der Waals surface area contributed by atoms with E-state index in [-0.39, 0.29) is 0 Å². The van der Waals surface area contributed by atoms with Crippen LogP contribution >= 0.6 is 23.2 Å². The van der Waals surface area contributed by atoms with Crippen molar-refractivity contribution in [2.45, 2.75) is 20.3 Å². The van der Waals surface area contributed by atoms with Gasteiger partial charge in [0.15, 0.2) is 0 Å². The second kappa shape index (κ2) is 10.3. The molecule has 150 valence electrons. The number of halogens is 2. The summed E-state index contributed by atoms with van der Waals surface area (Å²) < 4.78 is 6.85. The first kappa shape index (κ1) is 21.9. The van der Waals surface area contributed by atoms with Crippen LogP contribution in [0.15, 0.2) is 29.4 Å². The van der Waals surface area contributed by atoms with E-state index < -0.39 is 11.8 Å². The van der Waals surface area contributed by atoms with Crippen molar-refractivity contribution in [3.8, 4) is 5.69 Å². The maximum atomic E-state index is 11.7. The molecule has 0 radical (unpaired) electrons. The van der Waals surface area contributed by atoms with Gasteiger partial charge in [-0.25, -0.2) is 5.43 Å². The number of ether oxygens (including phenoxy) is 1. The van der Waals surface area contributed by atoms with Crippen molar-refractivity contribution < 1.29 is 14.3 Å². The molecule has 0 saturated carbocycles. The summed E-state index contributed by atoms with van der Waals surface area (Å²) >= 11 is 12.2. The lowest BCUT2D eigenvalue weighted by atomic mass is 10.2. The second-order valence-corrected chi connectivity index (χ2v) is 6.96. The molecule has 0 spiro atoms. The van der Waals surface area contributed by atoms with Crippen LogP contribution in [0.3, 0.4) is 0 Å². The minimum atomic E-state index is -0.830. The molecule has 9 heteroatoms. The number of carbonyl (C=O) groups excluding carboxylic acids is 2. The van der Waals surface area contributed by atoms with Crippen molar-refractivity contribution in [1.82, 2.24) is 15.3 Å². The molecular weight excluding hydrogens is 403 g/mol. The zero-order chi connectivity index (χ0) is 20.7. The summed E-state index contributed by atoms with van der Waals surface area (Å²) in [4.78, 5) is 23.4. The van der Waals surface area contributed by atoms with Gasteiger partial charge in [-0.3, -0.25) is 9.59 Å². The van der Waals surface area contributed by atoms with Gasteiger partial charge in [0.1, 0.15) is 0 Å². The van der Waals surface area contributed by atoms with Crippen LogP contribution in [0, 0.1) is 13.8 Å². The van der Waals surface area contributed by atoms with Crippen molar-refractivity contribution >= 4 is 41.2 Å². The van der Waals surface area contributed by atoms with Gasteiger partial charge in [0.05, 0.1) is 6.21 Å². The number of nitrogens with zero attached hydrogens (tertiary/aromatic N) is 2. The van der Waals surface area contributed by atoms with Crippen LogP contribution in [0.2, 0.25) is 10.0 Å². The zero-order valence-electron chi connectivity index (χ0n) is 15.9. The number of methoxy groups -OCH3 is 1. The number of benzene rings is 1. The number of aromatic nitrogens is 1. The van der Waals surface area contributed by atoms with Crippen LogP contribution in [-0.2, 0) is 14.3 Å². The summed E-state index contributed by atoms with van der Waals surface area (Å²) in [5.41, 5.74) is 5.66. The fourth-order valence-corrected chi connectivity index (χ4v) is 3.21. The maximum absolute atomic E-state index is 11.7. The molecule has 2 aromatic rings. The first-order valence-electron chi connectivity index (χ1n) is 8.59. The molecule has 2 amide bonds. The molecule has 0 aliphatic carbocycles. The standard InChI is InChI=1S/C19H22Cl2N4O3/c1-12-7-14(11-23-24-19(27)18(26)22-5-4-6-28-3)13(2)25(12)17-9-15(20)8-16(21)10-17/h7-11H,4-6H2,1-3H3,(H,22,26)(H,24,27)/b23-11-. The molecule has 7 nitrogen and oxygen atoms in total. The number of rotatable bonds is 7. The zero-order valence-corrected chi connectivity index (χ0v) is 17.4. The van der Waals surface area contributed by atoms with Gasteiger partial charge >= 0.3 is 11.8 Å². The van der Waals surface area contributed by atoms with Crippen molar-refractivity contribution in [2.75, 3.05) is 20.3 Å². The molecule has 0 aliphatic heterocycles. The number of hydrazone groups is 1. The van der Waals surface area contributed by atoms with Gasteiger partial charge in [0.2, 0.25) is 0 Å². The monoisotopic (exact) mass is 424 g/mol. The highest BCUT2D eigenvalue weighted by molar-refractivity contribution is 6.35. The van der Waals surface area contributed by atoms with E-state index in [0.717, 1.165) is 22.6 Å². The molecule has 1 aromatic heterocycles. The Balaban J connectivity index is 2.05. The Morgan fingerprint density at radius 2 is 1.82 bits per heavy atom. The number of amides is 2. The van der Waals surface area contributed by atoms with Crippen LogP contribution in [0.25, 0.3) is 5.69 Å². The largest absolute Gasteiger partial charge is 0.385 e. The Bertz CT molecular complexity index is 873. The lowest BCUT2D eigenvalue weighted by Crippen LogP contribution is -2.38. The average molecular weight is 425 g/mol. The summed E-state index contributed by atoms with van der Waals surface area (Å²) in [6.07, 6.45) is 2.11. The number of hydrogen-bond donors (Lipinski definition) is 2.